The Morgan fingerprint density at radius 2 is 1.89 bits per heavy atom. The average Bonchev–Trinajstić information content (AvgIpc) is 2.62. The molecule has 4 heteroatoms. The molecule has 0 saturated carbocycles. The average molecular weight is 269 g/mol. The van der Waals surface area contributed by atoms with Crippen molar-refractivity contribution in [2.45, 2.75) is 65.8 Å². The number of hydrogen-bond donors (Lipinski definition) is 2. The van der Waals surface area contributed by atoms with Gasteiger partial charge in [-0.25, -0.2) is 4.98 Å². The van der Waals surface area contributed by atoms with E-state index >= 15 is 0 Å². The van der Waals surface area contributed by atoms with Crippen LogP contribution in [-0.4, -0.2) is 11.0 Å². The Morgan fingerprint density at radius 1 is 1.28 bits per heavy atom. The Bertz CT molecular complexity index is 371. The molecule has 0 fully saturated rings. The van der Waals surface area contributed by atoms with Crippen LogP contribution < -0.4 is 11.3 Å². The van der Waals surface area contributed by atoms with Crippen LogP contribution in [0.2, 0.25) is 0 Å². The third-order valence-electron chi connectivity index (χ3n) is 2.84. The highest BCUT2D eigenvalue weighted by Gasteiger charge is 2.21. The van der Waals surface area contributed by atoms with E-state index in [1.165, 1.54) is 10.7 Å². The fourth-order valence-corrected chi connectivity index (χ4v) is 2.99. The highest BCUT2D eigenvalue weighted by atomic mass is 32.1. The Balaban J connectivity index is 2.68. The van der Waals surface area contributed by atoms with Gasteiger partial charge in [0, 0.05) is 23.3 Å². The maximum atomic E-state index is 5.65. The molecule has 0 amide bonds. The fraction of sp³-hybridized carbons (Fsp3) is 0.786. The SMILES string of the molecule is CC(C)(C)CC(Cc1nc(C(C)(C)C)cs1)NN. The van der Waals surface area contributed by atoms with E-state index in [-0.39, 0.29) is 10.8 Å². The van der Waals surface area contributed by atoms with Gasteiger partial charge in [-0.1, -0.05) is 41.5 Å². The third kappa shape index (κ3) is 5.04. The van der Waals surface area contributed by atoms with Crippen LogP contribution in [0.5, 0.6) is 0 Å². The molecule has 1 rings (SSSR count). The molecular formula is C14H27N3S. The normalized spacial score (nSPS) is 14.8. The minimum atomic E-state index is 0.129. The Morgan fingerprint density at radius 3 is 2.28 bits per heavy atom. The van der Waals surface area contributed by atoms with E-state index in [1.807, 2.05) is 0 Å². The van der Waals surface area contributed by atoms with Crippen molar-refractivity contribution in [3.8, 4) is 0 Å². The van der Waals surface area contributed by atoms with Crippen LogP contribution in [-0.2, 0) is 11.8 Å². The van der Waals surface area contributed by atoms with Crippen LogP contribution in [0, 0.1) is 5.41 Å². The highest BCUT2D eigenvalue weighted by Crippen LogP contribution is 2.26. The molecule has 1 heterocycles. The monoisotopic (exact) mass is 269 g/mol. The van der Waals surface area contributed by atoms with Crippen LogP contribution in [0.3, 0.4) is 0 Å². The topological polar surface area (TPSA) is 50.9 Å². The zero-order valence-electron chi connectivity index (χ0n) is 12.5. The predicted octanol–water partition coefficient (Wildman–Crippen LogP) is 3.25. The van der Waals surface area contributed by atoms with Crippen LogP contribution in [0.25, 0.3) is 0 Å². The fourth-order valence-electron chi connectivity index (χ4n) is 1.89. The molecule has 0 aliphatic carbocycles. The molecule has 0 aliphatic rings. The lowest BCUT2D eigenvalue weighted by molar-refractivity contribution is 0.308. The summed E-state index contributed by atoms with van der Waals surface area (Å²) in [6.07, 6.45) is 1.96. The van der Waals surface area contributed by atoms with Gasteiger partial charge in [-0.3, -0.25) is 11.3 Å². The Kier molecular flexibility index (Phi) is 4.92. The molecule has 3 nitrogen and oxygen atoms in total. The summed E-state index contributed by atoms with van der Waals surface area (Å²) in [6, 6.07) is 0.295. The second-order valence-corrected chi connectivity index (χ2v) is 8.15. The summed E-state index contributed by atoms with van der Waals surface area (Å²) in [5.74, 6) is 5.65. The lowest BCUT2D eigenvalue weighted by atomic mass is 9.87. The summed E-state index contributed by atoms with van der Waals surface area (Å²) in [6.45, 7) is 13.3. The number of hydrazine groups is 1. The van der Waals surface area contributed by atoms with E-state index in [1.54, 1.807) is 11.3 Å². The van der Waals surface area contributed by atoms with Crippen molar-refractivity contribution < 1.29 is 0 Å². The van der Waals surface area contributed by atoms with E-state index in [2.05, 4.69) is 52.3 Å². The zero-order chi connectivity index (χ0) is 14.0. The standard InChI is InChI=1S/C14H27N3S/c1-13(2,3)8-10(17-15)7-12-16-11(9-18-12)14(4,5)6/h9-10,17H,7-8,15H2,1-6H3. The first-order valence-corrected chi connectivity index (χ1v) is 7.41. The summed E-state index contributed by atoms with van der Waals surface area (Å²) < 4.78 is 0. The van der Waals surface area contributed by atoms with Crippen molar-refractivity contribution >= 4 is 11.3 Å². The Labute approximate surface area is 115 Å². The number of nitrogens with two attached hydrogens (primary N) is 1. The van der Waals surface area contributed by atoms with Crippen molar-refractivity contribution in [3.63, 3.8) is 0 Å². The number of nitrogens with zero attached hydrogens (tertiary/aromatic N) is 1. The van der Waals surface area contributed by atoms with Crippen LogP contribution in [0.4, 0.5) is 0 Å². The smallest absolute Gasteiger partial charge is 0.0944 e. The minimum Gasteiger partial charge on any atom is -0.271 e. The van der Waals surface area contributed by atoms with E-state index in [9.17, 15) is 0 Å². The van der Waals surface area contributed by atoms with Crippen molar-refractivity contribution in [2.24, 2.45) is 11.3 Å². The maximum absolute atomic E-state index is 5.65. The predicted molar refractivity (Wildman–Crippen MR) is 79.7 cm³/mol. The molecular weight excluding hydrogens is 242 g/mol. The highest BCUT2D eigenvalue weighted by molar-refractivity contribution is 7.09. The lowest BCUT2D eigenvalue weighted by Crippen LogP contribution is -2.39. The van der Waals surface area contributed by atoms with Crippen molar-refractivity contribution in [2.75, 3.05) is 0 Å². The second-order valence-electron chi connectivity index (χ2n) is 7.21. The van der Waals surface area contributed by atoms with E-state index < -0.39 is 0 Å². The third-order valence-corrected chi connectivity index (χ3v) is 3.71. The van der Waals surface area contributed by atoms with Crippen molar-refractivity contribution in [1.29, 1.82) is 0 Å². The van der Waals surface area contributed by atoms with Gasteiger partial charge in [-0.2, -0.15) is 0 Å². The van der Waals surface area contributed by atoms with Gasteiger partial charge in [-0.05, 0) is 11.8 Å². The number of thiazole rings is 1. The molecule has 0 aliphatic heterocycles. The van der Waals surface area contributed by atoms with Gasteiger partial charge in [0.05, 0.1) is 10.7 Å². The summed E-state index contributed by atoms with van der Waals surface area (Å²) in [4.78, 5) is 4.72. The van der Waals surface area contributed by atoms with Crippen LogP contribution >= 0.6 is 11.3 Å². The molecule has 3 N–H and O–H groups in total. The molecule has 1 aromatic heterocycles. The molecule has 1 atom stereocenters. The van der Waals surface area contributed by atoms with Gasteiger partial charge < -0.3 is 0 Å². The van der Waals surface area contributed by atoms with E-state index in [0.29, 0.717) is 6.04 Å². The number of rotatable bonds is 4. The van der Waals surface area contributed by atoms with Gasteiger partial charge >= 0.3 is 0 Å². The summed E-state index contributed by atoms with van der Waals surface area (Å²) in [5.41, 5.74) is 4.51. The van der Waals surface area contributed by atoms with Gasteiger partial charge in [0.2, 0.25) is 0 Å². The van der Waals surface area contributed by atoms with Gasteiger partial charge in [0.1, 0.15) is 0 Å². The first-order valence-electron chi connectivity index (χ1n) is 6.53. The lowest BCUT2D eigenvalue weighted by Gasteiger charge is -2.24. The summed E-state index contributed by atoms with van der Waals surface area (Å²) in [7, 11) is 0. The molecule has 0 saturated heterocycles. The molecule has 1 aromatic rings. The minimum absolute atomic E-state index is 0.129. The van der Waals surface area contributed by atoms with Crippen molar-refractivity contribution in [3.05, 3.63) is 16.1 Å². The molecule has 1 unspecified atom stereocenters. The van der Waals surface area contributed by atoms with Crippen molar-refractivity contribution in [1.82, 2.24) is 10.4 Å². The molecule has 104 valence electrons. The van der Waals surface area contributed by atoms with Crippen LogP contribution in [0.15, 0.2) is 5.38 Å². The molecule has 18 heavy (non-hydrogen) atoms. The molecule has 0 bridgehead atoms. The van der Waals surface area contributed by atoms with Gasteiger partial charge in [0.25, 0.3) is 0 Å². The maximum Gasteiger partial charge on any atom is 0.0944 e. The first kappa shape index (κ1) is 15.6. The van der Waals surface area contributed by atoms with E-state index in [4.69, 9.17) is 10.8 Å². The molecule has 0 radical (unpaired) electrons. The number of hydrogen-bond acceptors (Lipinski definition) is 4. The zero-order valence-corrected chi connectivity index (χ0v) is 13.3. The number of nitrogens with one attached hydrogen (secondary N) is 1. The largest absolute Gasteiger partial charge is 0.271 e. The summed E-state index contributed by atoms with van der Waals surface area (Å²) in [5, 5.41) is 3.34. The van der Waals surface area contributed by atoms with Gasteiger partial charge in [-0.15, -0.1) is 11.3 Å². The molecule has 0 aromatic carbocycles. The first-order chi connectivity index (χ1) is 8.12. The Hall–Kier alpha value is -0.450. The number of aromatic nitrogens is 1. The van der Waals surface area contributed by atoms with E-state index in [0.717, 1.165) is 12.8 Å². The van der Waals surface area contributed by atoms with Crippen LogP contribution in [0.1, 0.15) is 58.7 Å². The van der Waals surface area contributed by atoms with Gasteiger partial charge in [0.15, 0.2) is 0 Å². The second kappa shape index (κ2) is 5.68. The molecule has 0 spiro atoms. The quantitative estimate of drug-likeness (QED) is 0.651. The summed E-state index contributed by atoms with van der Waals surface area (Å²) >= 11 is 1.74.